The molecule has 0 spiro atoms. The molecule has 0 saturated heterocycles. The van der Waals surface area contributed by atoms with Crippen molar-refractivity contribution in [1.29, 1.82) is 0 Å². The van der Waals surface area contributed by atoms with Crippen LogP contribution >= 0.6 is 0 Å². The number of ether oxygens (including phenoxy) is 2. The van der Waals surface area contributed by atoms with Gasteiger partial charge in [0.25, 0.3) is 0 Å². The summed E-state index contributed by atoms with van der Waals surface area (Å²) in [5.74, 6) is 0.458. The topological polar surface area (TPSA) is 93.7 Å². The van der Waals surface area contributed by atoms with Crippen molar-refractivity contribution in [1.82, 2.24) is 4.72 Å². The molecule has 0 aliphatic rings. The quantitative estimate of drug-likeness (QED) is 0.734. The number of sulfonamides is 1. The lowest BCUT2D eigenvalue weighted by molar-refractivity contribution is -0.115. The third-order valence-electron chi connectivity index (χ3n) is 3.75. The number of hydrogen-bond acceptors (Lipinski definition) is 5. The van der Waals surface area contributed by atoms with E-state index in [1.807, 2.05) is 6.92 Å². The molecule has 2 aromatic carbocycles. The van der Waals surface area contributed by atoms with Gasteiger partial charge in [-0.1, -0.05) is 19.1 Å². The molecule has 0 radical (unpaired) electrons. The summed E-state index contributed by atoms with van der Waals surface area (Å²) in [6.45, 7) is 1.58. The van der Waals surface area contributed by atoms with Gasteiger partial charge < -0.3 is 14.8 Å². The number of anilines is 1. The Morgan fingerprint density at radius 3 is 2.31 bits per heavy atom. The highest BCUT2D eigenvalue weighted by Gasteiger charge is 2.16. The first kappa shape index (κ1) is 19.7. The van der Waals surface area contributed by atoms with Crippen molar-refractivity contribution < 1.29 is 22.7 Å². The van der Waals surface area contributed by atoms with Crippen LogP contribution in [0.4, 0.5) is 5.69 Å². The Labute approximate surface area is 153 Å². The fourth-order valence-electron chi connectivity index (χ4n) is 2.25. The maximum atomic E-state index is 12.3. The van der Waals surface area contributed by atoms with Crippen molar-refractivity contribution in [3.8, 4) is 11.5 Å². The van der Waals surface area contributed by atoms with Gasteiger partial charge in [-0.25, -0.2) is 13.1 Å². The van der Waals surface area contributed by atoms with Crippen molar-refractivity contribution in [3.05, 3.63) is 48.0 Å². The Balaban J connectivity index is 2.03. The van der Waals surface area contributed by atoms with Crippen LogP contribution in [0.2, 0.25) is 0 Å². The number of amides is 1. The maximum Gasteiger partial charge on any atom is 0.241 e. The predicted molar refractivity (Wildman–Crippen MR) is 99.2 cm³/mol. The van der Waals surface area contributed by atoms with Gasteiger partial charge >= 0.3 is 0 Å². The van der Waals surface area contributed by atoms with Crippen LogP contribution < -0.4 is 19.5 Å². The minimum Gasteiger partial charge on any atom is -0.497 e. The van der Waals surface area contributed by atoms with Crippen LogP contribution in [0.5, 0.6) is 11.5 Å². The van der Waals surface area contributed by atoms with Crippen LogP contribution in [0.3, 0.4) is 0 Å². The number of nitrogens with one attached hydrogen (secondary N) is 2. The van der Waals surface area contributed by atoms with Gasteiger partial charge in [-0.15, -0.1) is 0 Å². The standard InChI is InChI=1S/C18H22N2O5S/c1-4-13-5-8-15(9-6-13)26(22,23)19-12-18(21)20-16-11-14(24-2)7-10-17(16)25-3/h5-11,19H,4,12H2,1-3H3,(H,20,21). The van der Waals surface area contributed by atoms with Gasteiger partial charge in [-0.05, 0) is 36.2 Å². The molecule has 0 atom stereocenters. The Morgan fingerprint density at radius 2 is 1.73 bits per heavy atom. The average Bonchev–Trinajstić information content (AvgIpc) is 2.66. The number of methoxy groups -OCH3 is 2. The molecule has 7 nitrogen and oxygen atoms in total. The largest absolute Gasteiger partial charge is 0.497 e. The van der Waals surface area contributed by atoms with Crippen molar-refractivity contribution in [2.75, 3.05) is 26.1 Å². The Bertz CT molecular complexity index is 864. The van der Waals surface area contributed by atoms with Gasteiger partial charge in [-0.2, -0.15) is 0 Å². The summed E-state index contributed by atoms with van der Waals surface area (Å²) < 4.78 is 37.1. The summed E-state index contributed by atoms with van der Waals surface area (Å²) >= 11 is 0. The van der Waals surface area contributed by atoms with E-state index in [0.29, 0.717) is 17.2 Å². The van der Waals surface area contributed by atoms with Crippen molar-refractivity contribution in [2.45, 2.75) is 18.2 Å². The summed E-state index contributed by atoms with van der Waals surface area (Å²) in [5.41, 5.74) is 1.43. The third-order valence-corrected chi connectivity index (χ3v) is 5.16. The van der Waals surface area contributed by atoms with Gasteiger partial charge in [0.15, 0.2) is 0 Å². The van der Waals surface area contributed by atoms with E-state index in [1.54, 1.807) is 30.3 Å². The molecule has 0 aromatic heterocycles. The van der Waals surface area contributed by atoms with Crippen LogP contribution in [-0.2, 0) is 21.2 Å². The summed E-state index contributed by atoms with van der Waals surface area (Å²) in [4.78, 5) is 12.2. The highest BCUT2D eigenvalue weighted by atomic mass is 32.2. The van der Waals surface area contributed by atoms with E-state index in [2.05, 4.69) is 10.0 Å². The third kappa shape index (κ3) is 4.96. The van der Waals surface area contributed by atoms with E-state index in [0.717, 1.165) is 12.0 Å². The molecule has 2 aromatic rings. The molecule has 0 bridgehead atoms. The van der Waals surface area contributed by atoms with Crippen molar-refractivity contribution >= 4 is 21.6 Å². The summed E-state index contributed by atoms with van der Waals surface area (Å²) in [5, 5.41) is 2.61. The van der Waals surface area contributed by atoms with Crippen molar-refractivity contribution in [2.24, 2.45) is 0 Å². The first-order valence-electron chi connectivity index (χ1n) is 8.00. The molecule has 0 aliphatic carbocycles. The molecule has 0 heterocycles. The summed E-state index contributed by atoms with van der Waals surface area (Å²) in [6, 6.07) is 11.5. The molecule has 26 heavy (non-hydrogen) atoms. The van der Waals surface area contributed by atoms with E-state index < -0.39 is 22.5 Å². The summed E-state index contributed by atoms with van der Waals surface area (Å²) in [6.07, 6.45) is 0.818. The van der Waals surface area contributed by atoms with Gasteiger partial charge in [0.1, 0.15) is 11.5 Å². The number of aryl methyl sites for hydroxylation is 1. The fraction of sp³-hybridized carbons (Fsp3) is 0.278. The zero-order valence-corrected chi connectivity index (χ0v) is 15.7. The van der Waals surface area contributed by atoms with Crippen LogP contribution in [-0.4, -0.2) is 35.1 Å². The molecule has 0 saturated carbocycles. The van der Waals surface area contributed by atoms with Gasteiger partial charge in [-0.3, -0.25) is 4.79 Å². The predicted octanol–water partition coefficient (Wildman–Crippen LogP) is 2.18. The number of carbonyl (C=O) groups excluding carboxylic acids is 1. The Kier molecular flexibility index (Phi) is 6.59. The number of hydrogen-bond donors (Lipinski definition) is 2. The Morgan fingerprint density at radius 1 is 1.04 bits per heavy atom. The Hall–Kier alpha value is -2.58. The molecule has 140 valence electrons. The minimum absolute atomic E-state index is 0.112. The second-order valence-electron chi connectivity index (χ2n) is 5.44. The number of carbonyl (C=O) groups is 1. The normalized spacial score (nSPS) is 11.0. The molecule has 0 aliphatic heterocycles. The van der Waals surface area contributed by atoms with Crippen molar-refractivity contribution in [3.63, 3.8) is 0 Å². The highest BCUT2D eigenvalue weighted by molar-refractivity contribution is 7.89. The van der Waals surface area contributed by atoms with E-state index in [4.69, 9.17) is 9.47 Å². The second kappa shape index (κ2) is 8.68. The maximum absolute atomic E-state index is 12.3. The second-order valence-corrected chi connectivity index (χ2v) is 7.20. The van der Waals surface area contributed by atoms with Gasteiger partial charge in [0.05, 0.1) is 31.3 Å². The number of benzene rings is 2. The number of rotatable bonds is 8. The van der Waals surface area contributed by atoms with Gasteiger partial charge in [0.2, 0.25) is 15.9 Å². The molecular formula is C18H22N2O5S. The molecular weight excluding hydrogens is 356 g/mol. The zero-order valence-electron chi connectivity index (χ0n) is 14.9. The van der Waals surface area contributed by atoms with Crippen LogP contribution in [0.15, 0.2) is 47.4 Å². The average molecular weight is 378 g/mol. The SMILES string of the molecule is CCc1ccc(S(=O)(=O)NCC(=O)Nc2cc(OC)ccc2OC)cc1. The van der Waals surface area contributed by atoms with E-state index in [-0.39, 0.29) is 4.90 Å². The van der Waals surface area contributed by atoms with Crippen LogP contribution in [0.25, 0.3) is 0 Å². The molecule has 2 rings (SSSR count). The zero-order chi connectivity index (χ0) is 19.2. The van der Waals surface area contributed by atoms with Gasteiger partial charge in [0, 0.05) is 6.07 Å². The molecule has 2 N–H and O–H groups in total. The smallest absolute Gasteiger partial charge is 0.241 e. The fourth-order valence-corrected chi connectivity index (χ4v) is 3.24. The molecule has 8 heteroatoms. The molecule has 0 unspecified atom stereocenters. The van der Waals surface area contributed by atoms with E-state index >= 15 is 0 Å². The summed E-state index contributed by atoms with van der Waals surface area (Å²) in [7, 11) is -0.790. The molecule has 0 fully saturated rings. The highest BCUT2D eigenvalue weighted by Crippen LogP contribution is 2.28. The first-order chi connectivity index (χ1) is 12.4. The lowest BCUT2D eigenvalue weighted by atomic mass is 10.2. The van der Waals surface area contributed by atoms with E-state index in [1.165, 1.54) is 26.4 Å². The van der Waals surface area contributed by atoms with Crippen LogP contribution in [0.1, 0.15) is 12.5 Å². The first-order valence-corrected chi connectivity index (χ1v) is 9.48. The van der Waals surface area contributed by atoms with E-state index in [9.17, 15) is 13.2 Å². The monoisotopic (exact) mass is 378 g/mol. The minimum atomic E-state index is -3.77. The lowest BCUT2D eigenvalue weighted by Crippen LogP contribution is -2.33. The lowest BCUT2D eigenvalue weighted by Gasteiger charge is -2.12. The molecule has 1 amide bonds. The van der Waals surface area contributed by atoms with Crippen LogP contribution in [0, 0.1) is 0 Å².